The Bertz CT molecular complexity index is 281. The van der Waals surface area contributed by atoms with Crippen molar-refractivity contribution in [3.05, 3.63) is 48.0 Å². The Morgan fingerprint density at radius 3 is 2.38 bits per heavy atom. The van der Waals surface area contributed by atoms with E-state index in [0.29, 0.717) is 0 Å². The Morgan fingerprint density at radius 1 is 1.38 bits per heavy atom. The lowest BCUT2D eigenvalue weighted by atomic mass is 9.99. The molecule has 1 aromatic rings. The van der Waals surface area contributed by atoms with Crippen molar-refractivity contribution in [3.8, 4) is 0 Å². The van der Waals surface area contributed by atoms with Gasteiger partial charge in [0.1, 0.15) is 0 Å². The third-order valence-electron chi connectivity index (χ3n) is 2.05. The van der Waals surface area contributed by atoms with Gasteiger partial charge in [0, 0.05) is 0 Å². The summed E-state index contributed by atoms with van der Waals surface area (Å²) in [5.74, 6) is 0. The Hall–Kier alpha value is -1.12. The number of nitrogens with two attached hydrogens (primary N) is 1. The van der Waals surface area contributed by atoms with Crippen LogP contribution in [0.2, 0.25) is 0 Å². The van der Waals surface area contributed by atoms with E-state index >= 15 is 0 Å². The smallest absolute Gasteiger partial charge is 0.0979 e. The minimum absolute atomic E-state index is 0.387. The fourth-order valence-electron chi connectivity index (χ4n) is 1.13. The molecule has 0 aliphatic carbocycles. The molecule has 0 heterocycles. The highest BCUT2D eigenvalue weighted by Gasteiger charge is 2.16. The highest BCUT2D eigenvalue weighted by molar-refractivity contribution is 5.21. The quantitative estimate of drug-likeness (QED) is 0.689. The third kappa shape index (κ3) is 2.41. The lowest BCUT2D eigenvalue weighted by molar-refractivity contribution is 0.159. The molecular formula is C11H15NO. The number of aliphatic hydroxyl groups is 1. The molecule has 13 heavy (non-hydrogen) atoms. The predicted molar refractivity (Wildman–Crippen MR) is 54.2 cm³/mol. The molecule has 0 saturated heterocycles. The molecule has 2 heteroatoms. The van der Waals surface area contributed by atoms with Gasteiger partial charge >= 0.3 is 0 Å². The summed E-state index contributed by atoms with van der Waals surface area (Å²) < 4.78 is 0. The molecule has 0 amide bonds. The first-order chi connectivity index (χ1) is 6.13. The second-order valence-corrected chi connectivity index (χ2v) is 3.23. The van der Waals surface area contributed by atoms with Crippen LogP contribution in [-0.2, 0) is 0 Å². The van der Waals surface area contributed by atoms with Crippen molar-refractivity contribution in [3.63, 3.8) is 0 Å². The fourth-order valence-corrected chi connectivity index (χ4v) is 1.13. The van der Waals surface area contributed by atoms with Crippen molar-refractivity contribution in [2.24, 2.45) is 5.73 Å². The summed E-state index contributed by atoms with van der Waals surface area (Å²) in [6.45, 7) is 5.53. The highest BCUT2D eigenvalue weighted by Crippen LogP contribution is 2.18. The van der Waals surface area contributed by atoms with Crippen LogP contribution in [-0.4, -0.2) is 11.1 Å². The largest absolute Gasteiger partial charge is 0.386 e. The van der Waals surface area contributed by atoms with E-state index < -0.39 is 6.10 Å². The van der Waals surface area contributed by atoms with Gasteiger partial charge in [-0.3, -0.25) is 0 Å². The Labute approximate surface area is 78.7 Å². The van der Waals surface area contributed by atoms with E-state index in [1.54, 1.807) is 0 Å². The van der Waals surface area contributed by atoms with Crippen LogP contribution in [0.25, 0.3) is 0 Å². The van der Waals surface area contributed by atoms with Crippen LogP contribution in [0.5, 0.6) is 0 Å². The first kappa shape index (κ1) is 9.96. The van der Waals surface area contributed by atoms with Crippen LogP contribution in [0.3, 0.4) is 0 Å². The van der Waals surface area contributed by atoms with E-state index in [4.69, 9.17) is 5.73 Å². The summed E-state index contributed by atoms with van der Waals surface area (Å²) in [5, 5.41) is 9.77. The van der Waals surface area contributed by atoms with E-state index in [9.17, 15) is 5.11 Å². The van der Waals surface area contributed by atoms with Crippen LogP contribution in [0.4, 0.5) is 0 Å². The van der Waals surface area contributed by atoms with Gasteiger partial charge in [0.25, 0.3) is 0 Å². The van der Waals surface area contributed by atoms with E-state index in [1.807, 2.05) is 37.3 Å². The van der Waals surface area contributed by atoms with Crippen molar-refractivity contribution < 1.29 is 5.11 Å². The molecule has 0 spiro atoms. The standard InChI is InChI=1S/C11H15NO/c1-8(2)10(12)11(13)9-6-4-3-5-7-9/h3-7,10-11,13H,1,12H2,2H3/t10-,11+/m0/s1. The van der Waals surface area contributed by atoms with E-state index in [0.717, 1.165) is 11.1 Å². The molecular weight excluding hydrogens is 162 g/mol. The molecule has 1 aromatic carbocycles. The summed E-state index contributed by atoms with van der Waals surface area (Å²) in [5.41, 5.74) is 7.36. The molecule has 0 aliphatic rings. The number of aliphatic hydroxyl groups excluding tert-OH is 1. The van der Waals surface area contributed by atoms with E-state index in [-0.39, 0.29) is 6.04 Å². The van der Waals surface area contributed by atoms with Gasteiger partial charge in [-0.25, -0.2) is 0 Å². The van der Waals surface area contributed by atoms with Crippen LogP contribution in [0.1, 0.15) is 18.6 Å². The van der Waals surface area contributed by atoms with Gasteiger partial charge in [-0.2, -0.15) is 0 Å². The van der Waals surface area contributed by atoms with Crippen LogP contribution in [0.15, 0.2) is 42.5 Å². The van der Waals surface area contributed by atoms with Crippen LogP contribution in [0, 0.1) is 0 Å². The van der Waals surface area contributed by atoms with E-state index in [2.05, 4.69) is 6.58 Å². The number of hydrogen-bond donors (Lipinski definition) is 2. The molecule has 0 saturated carbocycles. The average Bonchev–Trinajstić information content (AvgIpc) is 2.17. The minimum Gasteiger partial charge on any atom is -0.386 e. The highest BCUT2D eigenvalue weighted by atomic mass is 16.3. The molecule has 0 unspecified atom stereocenters. The molecule has 2 nitrogen and oxygen atoms in total. The second-order valence-electron chi connectivity index (χ2n) is 3.23. The van der Waals surface area contributed by atoms with Crippen molar-refractivity contribution in [1.82, 2.24) is 0 Å². The predicted octanol–water partition coefficient (Wildman–Crippen LogP) is 1.62. The van der Waals surface area contributed by atoms with Crippen molar-refractivity contribution in [2.75, 3.05) is 0 Å². The Balaban J connectivity index is 2.79. The summed E-state index contributed by atoms with van der Waals surface area (Å²) in [6.07, 6.45) is -0.654. The van der Waals surface area contributed by atoms with Crippen molar-refractivity contribution >= 4 is 0 Å². The maximum Gasteiger partial charge on any atom is 0.0979 e. The van der Waals surface area contributed by atoms with Crippen LogP contribution >= 0.6 is 0 Å². The van der Waals surface area contributed by atoms with Crippen molar-refractivity contribution in [1.29, 1.82) is 0 Å². The summed E-state index contributed by atoms with van der Waals surface area (Å²) >= 11 is 0. The molecule has 2 atom stereocenters. The molecule has 0 radical (unpaired) electrons. The van der Waals surface area contributed by atoms with Gasteiger partial charge in [-0.1, -0.05) is 42.5 Å². The molecule has 0 bridgehead atoms. The summed E-state index contributed by atoms with van der Waals surface area (Å²) in [6, 6.07) is 8.99. The second kappa shape index (κ2) is 4.21. The third-order valence-corrected chi connectivity index (χ3v) is 2.05. The molecule has 0 aromatic heterocycles. The average molecular weight is 177 g/mol. The lowest BCUT2D eigenvalue weighted by Crippen LogP contribution is -2.29. The maximum absolute atomic E-state index is 9.77. The molecule has 3 N–H and O–H groups in total. The molecule has 70 valence electrons. The van der Waals surface area contributed by atoms with Gasteiger partial charge in [-0.05, 0) is 12.5 Å². The molecule has 0 fully saturated rings. The van der Waals surface area contributed by atoms with Gasteiger partial charge in [0.2, 0.25) is 0 Å². The monoisotopic (exact) mass is 177 g/mol. The van der Waals surface area contributed by atoms with Crippen molar-refractivity contribution in [2.45, 2.75) is 19.1 Å². The first-order valence-corrected chi connectivity index (χ1v) is 4.27. The number of rotatable bonds is 3. The molecule has 0 aliphatic heterocycles. The first-order valence-electron chi connectivity index (χ1n) is 4.27. The topological polar surface area (TPSA) is 46.2 Å². The summed E-state index contributed by atoms with van der Waals surface area (Å²) in [4.78, 5) is 0. The lowest BCUT2D eigenvalue weighted by Gasteiger charge is -2.18. The van der Waals surface area contributed by atoms with E-state index in [1.165, 1.54) is 0 Å². The van der Waals surface area contributed by atoms with Gasteiger partial charge in [0.15, 0.2) is 0 Å². The number of hydrogen-bond acceptors (Lipinski definition) is 2. The zero-order valence-electron chi connectivity index (χ0n) is 7.77. The minimum atomic E-state index is -0.654. The summed E-state index contributed by atoms with van der Waals surface area (Å²) in [7, 11) is 0. The van der Waals surface area contributed by atoms with Gasteiger partial charge < -0.3 is 10.8 Å². The van der Waals surface area contributed by atoms with Gasteiger partial charge in [0.05, 0.1) is 12.1 Å². The Morgan fingerprint density at radius 2 is 1.92 bits per heavy atom. The fraction of sp³-hybridized carbons (Fsp3) is 0.273. The molecule has 1 rings (SSSR count). The normalized spacial score (nSPS) is 15.0. The Kier molecular flexibility index (Phi) is 3.23. The zero-order chi connectivity index (χ0) is 9.84. The van der Waals surface area contributed by atoms with Gasteiger partial charge in [-0.15, -0.1) is 0 Å². The number of benzene rings is 1. The SMILES string of the molecule is C=C(C)[C@H](N)[C@H](O)c1ccccc1. The van der Waals surface area contributed by atoms with Crippen LogP contribution < -0.4 is 5.73 Å². The maximum atomic E-state index is 9.77. The zero-order valence-corrected chi connectivity index (χ0v) is 7.77.